The molecule has 1 aliphatic heterocycles. The summed E-state index contributed by atoms with van der Waals surface area (Å²) in [6.45, 7) is 1.24. The van der Waals surface area contributed by atoms with Crippen LogP contribution in [-0.2, 0) is 20.8 Å². The maximum absolute atomic E-state index is 11.6. The average molecular weight is 482 g/mol. The van der Waals surface area contributed by atoms with E-state index in [9.17, 15) is 29.7 Å². The van der Waals surface area contributed by atoms with Crippen LogP contribution in [0.25, 0.3) is 0 Å². The molecule has 0 spiro atoms. The first-order valence-electron chi connectivity index (χ1n) is 10.6. The largest absolute Gasteiger partial charge is 0.480 e. The van der Waals surface area contributed by atoms with Crippen molar-refractivity contribution in [3.63, 3.8) is 0 Å². The highest BCUT2D eigenvalue weighted by atomic mass is 32.1. The molecule has 0 bridgehead atoms. The van der Waals surface area contributed by atoms with E-state index in [-0.39, 0.29) is 25.7 Å². The Morgan fingerprint density at radius 3 is 2.03 bits per heavy atom. The predicted octanol–water partition coefficient (Wildman–Crippen LogP) is -0.313. The first-order valence-corrected chi connectivity index (χ1v) is 11.0. The summed E-state index contributed by atoms with van der Waals surface area (Å²) < 4.78 is 0. The van der Waals surface area contributed by atoms with Crippen molar-refractivity contribution in [3.05, 3.63) is 29.8 Å². The first kappa shape index (κ1) is 26.5. The van der Waals surface area contributed by atoms with Crippen LogP contribution in [0.5, 0.6) is 0 Å². The van der Waals surface area contributed by atoms with Crippen LogP contribution in [0.1, 0.15) is 5.56 Å². The number of hydrogen-bond donors (Lipinski definition) is 5. The Hall–Kier alpha value is -2.80. The van der Waals surface area contributed by atoms with Crippen LogP contribution in [0, 0.1) is 0 Å². The standard InChI is InChI=1S/C21H31N5O6S/c1-22-21(33)23-16-4-2-15(3-5-16)10-17-11-25(13-19(29)30)7-6-24(12-18(27)28)8-9-26(17)14-20(31)32/h2-5,17H,6-14H2,1H3,(H,27,28)(H,29,30)(H,31,32)(H2,22,23,33)/t17-/m1/s1. The van der Waals surface area contributed by atoms with Crippen molar-refractivity contribution in [1.29, 1.82) is 0 Å². The van der Waals surface area contributed by atoms with Crippen molar-refractivity contribution < 1.29 is 29.7 Å². The van der Waals surface area contributed by atoms with Gasteiger partial charge in [0.15, 0.2) is 5.11 Å². The Morgan fingerprint density at radius 1 is 0.909 bits per heavy atom. The summed E-state index contributed by atoms with van der Waals surface area (Å²) in [7, 11) is 1.72. The van der Waals surface area contributed by atoms with E-state index in [0.717, 1.165) is 11.3 Å². The zero-order chi connectivity index (χ0) is 24.4. The number of hydrogen-bond acceptors (Lipinski definition) is 7. The van der Waals surface area contributed by atoms with Gasteiger partial charge in [-0.25, -0.2) is 0 Å². The zero-order valence-corrected chi connectivity index (χ0v) is 19.4. The fourth-order valence-electron chi connectivity index (χ4n) is 3.80. The number of carboxylic acids is 3. The van der Waals surface area contributed by atoms with Crippen LogP contribution in [0.4, 0.5) is 5.69 Å². The Morgan fingerprint density at radius 2 is 1.45 bits per heavy atom. The van der Waals surface area contributed by atoms with Gasteiger partial charge < -0.3 is 26.0 Å². The Bertz CT molecular complexity index is 837. The summed E-state index contributed by atoms with van der Waals surface area (Å²) in [5.41, 5.74) is 1.78. The van der Waals surface area contributed by atoms with Gasteiger partial charge in [0.1, 0.15) is 0 Å². The second-order valence-corrected chi connectivity index (χ2v) is 8.33. The quantitative estimate of drug-likeness (QED) is 0.295. The Kier molecular flexibility index (Phi) is 10.5. The molecule has 11 nitrogen and oxygen atoms in total. The van der Waals surface area contributed by atoms with Crippen LogP contribution in [0.3, 0.4) is 0 Å². The van der Waals surface area contributed by atoms with Gasteiger partial charge in [0, 0.05) is 51.5 Å². The molecular weight excluding hydrogens is 450 g/mol. The van der Waals surface area contributed by atoms with Gasteiger partial charge in [-0.05, 0) is 36.3 Å². The molecule has 5 N–H and O–H groups in total. The highest BCUT2D eigenvalue weighted by Gasteiger charge is 2.27. The van der Waals surface area contributed by atoms with Crippen LogP contribution in [-0.4, -0.2) is 118 Å². The van der Waals surface area contributed by atoms with Gasteiger partial charge in [0.2, 0.25) is 0 Å². The van der Waals surface area contributed by atoms with Crippen molar-refractivity contribution >= 4 is 40.9 Å². The number of carboxylic acid groups (broad SMARTS) is 3. The number of anilines is 1. The fourth-order valence-corrected chi connectivity index (χ4v) is 3.92. The molecule has 1 heterocycles. The summed E-state index contributed by atoms with van der Waals surface area (Å²) in [6.07, 6.45) is 0.513. The lowest BCUT2D eigenvalue weighted by Gasteiger charge is -2.33. The van der Waals surface area contributed by atoms with Gasteiger partial charge >= 0.3 is 17.9 Å². The van der Waals surface area contributed by atoms with E-state index >= 15 is 0 Å². The minimum atomic E-state index is -0.992. The van der Waals surface area contributed by atoms with Crippen LogP contribution in [0.2, 0.25) is 0 Å². The smallest absolute Gasteiger partial charge is 0.317 e. The minimum Gasteiger partial charge on any atom is -0.480 e. The molecule has 1 aliphatic rings. The molecule has 0 amide bonds. The van der Waals surface area contributed by atoms with E-state index < -0.39 is 17.9 Å². The van der Waals surface area contributed by atoms with Crippen molar-refractivity contribution in [2.45, 2.75) is 12.5 Å². The SMILES string of the molecule is CNC(=S)Nc1ccc(C[C@@H]2CN(CC(=O)O)CCN(CC(=O)O)CCN2CC(=O)O)cc1. The van der Waals surface area contributed by atoms with E-state index in [1.807, 2.05) is 24.3 Å². The number of aliphatic carboxylic acids is 3. The van der Waals surface area contributed by atoms with Gasteiger partial charge in [-0.15, -0.1) is 0 Å². The second kappa shape index (κ2) is 13.0. The third kappa shape index (κ3) is 9.70. The molecule has 0 saturated carbocycles. The van der Waals surface area contributed by atoms with Crippen molar-refractivity contribution in [3.8, 4) is 0 Å². The molecule has 0 radical (unpaired) electrons. The van der Waals surface area contributed by atoms with E-state index in [4.69, 9.17) is 12.2 Å². The Labute approximate surface area is 198 Å². The topological polar surface area (TPSA) is 146 Å². The molecule has 1 fully saturated rings. The molecule has 0 aliphatic carbocycles. The molecule has 12 heteroatoms. The number of benzene rings is 1. The van der Waals surface area contributed by atoms with E-state index in [1.165, 1.54) is 0 Å². The summed E-state index contributed by atoms with van der Waals surface area (Å²) in [4.78, 5) is 39.4. The molecular formula is C21H31N5O6S. The average Bonchev–Trinajstić information content (AvgIpc) is 2.80. The lowest BCUT2D eigenvalue weighted by molar-refractivity contribution is -0.140. The van der Waals surface area contributed by atoms with Crippen molar-refractivity contribution in [2.75, 3.05) is 64.7 Å². The molecule has 0 unspecified atom stereocenters. The third-order valence-corrected chi connectivity index (χ3v) is 5.69. The lowest BCUT2D eigenvalue weighted by atomic mass is 10.0. The number of rotatable bonds is 9. The highest BCUT2D eigenvalue weighted by Crippen LogP contribution is 2.16. The van der Waals surface area contributed by atoms with E-state index in [2.05, 4.69) is 10.6 Å². The normalized spacial score (nSPS) is 18.5. The predicted molar refractivity (Wildman–Crippen MR) is 127 cm³/mol. The molecule has 1 aromatic carbocycles. The summed E-state index contributed by atoms with van der Waals surface area (Å²) >= 11 is 5.10. The number of nitrogens with zero attached hydrogens (tertiary/aromatic N) is 3. The molecule has 1 saturated heterocycles. The molecule has 1 aromatic rings. The van der Waals surface area contributed by atoms with Crippen LogP contribution < -0.4 is 10.6 Å². The molecule has 2 rings (SSSR count). The van der Waals surface area contributed by atoms with Gasteiger partial charge in [0.05, 0.1) is 19.6 Å². The van der Waals surface area contributed by atoms with Gasteiger partial charge in [-0.3, -0.25) is 29.1 Å². The number of carbonyl (C=O) groups is 3. The lowest BCUT2D eigenvalue weighted by Crippen LogP contribution is -2.49. The van der Waals surface area contributed by atoms with Crippen molar-refractivity contribution in [2.24, 2.45) is 0 Å². The van der Waals surface area contributed by atoms with E-state index in [1.54, 1.807) is 21.7 Å². The zero-order valence-electron chi connectivity index (χ0n) is 18.6. The first-order chi connectivity index (χ1) is 15.7. The van der Waals surface area contributed by atoms with Gasteiger partial charge in [-0.1, -0.05) is 12.1 Å². The molecule has 182 valence electrons. The number of thiocarbonyl (C=S) groups is 1. The van der Waals surface area contributed by atoms with Gasteiger partial charge in [0.25, 0.3) is 0 Å². The maximum atomic E-state index is 11.6. The summed E-state index contributed by atoms with van der Waals surface area (Å²) in [5, 5.41) is 34.4. The maximum Gasteiger partial charge on any atom is 0.317 e. The summed E-state index contributed by atoms with van der Waals surface area (Å²) in [6, 6.07) is 7.33. The highest BCUT2D eigenvalue weighted by molar-refractivity contribution is 7.80. The Balaban J connectivity index is 2.24. The molecule has 1 atom stereocenters. The summed E-state index contributed by atoms with van der Waals surface area (Å²) in [5.74, 6) is -2.96. The van der Waals surface area contributed by atoms with Crippen LogP contribution >= 0.6 is 12.2 Å². The molecule has 0 aromatic heterocycles. The molecule has 33 heavy (non-hydrogen) atoms. The monoisotopic (exact) mass is 481 g/mol. The van der Waals surface area contributed by atoms with Crippen molar-refractivity contribution in [1.82, 2.24) is 20.0 Å². The number of nitrogens with one attached hydrogen (secondary N) is 2. The van der Waals surface area contributed by atoms with Crippen LogP contribution in [0.15, 0.2) is 24.3 Å². The van der Waals surface area contributed by atoms with Gasteiger partial charge in [-0.2, -0.15) is 0 Å². The third-order valence-electron chi connectivity index (χ3n) is 5.39. The minimum absolute atomic E-state index is 0.185. The second-order valence-electron chi connectivity index (χ2n) is 7.92. The van der Waals surface area contributed by atoms with E-state index in [0.29, 0.717) is 44.3 Å². The fraction of sp³-hybridized carbons (Fsp3) is 0.524.